The van der Waals surface area contributed by atoms with Gasteiger partial charge in [-0.2, -0.15) is 0 Å². The number of carbonyl (C=O) groups excluding carboxylic acids is 1. The van der Waals surface area contributed by atoms with E-state index in [4.69, 9.17) is 4.74 Å². The molecule has 2 fully saturated rings. The van der Waals surface area contributed by atoms with Crippen molar-refractivity contribution in [3.05, 3.63) is 22.4 Å². The van der Waals surface area contributed by atoms with E-state index >= 15 is 0 Å². The molecule has 2 unspecified atom stereocenters. The summed E-state index contributed by atoms with van der Waals surface area (Å²) in [5.74, 6) is 0.263. The highest BCUT2D eigenvalue weighted by molar-refractivity contribution is 7.10. The average Bonchev–Trinajstić information content (AvgIpc) is 3.10. The molecule has 112 valence electrons. The predicted octanol–water partition coefficient (Wildman–Crippen LogP) is 2.21. The molecule has 1 amide bonds. The highest BCUT2D eigenvalue weighted by Crippen LogP contribution is 2.34. The van der Waals surface area contributed by atoms with Gasteiger partial charge in [0.2, 0.25) is 5.91 Å². The van der Waals surface area contributed by atoms with E-state index in [9.17, 15) is 4.79 Å². The fourth-order valence-electron chi connectivity index (χ4n) is 2.92. The van der Waals surface area contributed by atoms with Crippen LogP contribution in [0, 0.1) is 0 Å². The van der Waals surface area contributed by atoms with Crippen LogP contribution in [0.1, 0.15) is 30.2 Å². The zero-order chi connectivity index (χ0) is 13.1. The van der Waals surface area contributed by atoms with Gasteiger partial charge in [-0.15, -0.1) is 23.7 Å². The summed E-state index contributed by atoms with van der Waals surface area (Å²) in [5, 5.41) is 5.44. The molecular formula is C14H21ClN2O2S. The van der Waals surface area contributed by atoms with Crippen LogP contribution in [0.3, 0.4) is 0 Å². The molecule has 2 saturated heterocycles. The monoisotopic (exact) mass is 316 g/mol. The van der Waals surface area contributed by atoms with Gasteiger partial charge in [-0.25, -0.2) is 0 Å². The van der Waals surface area contributed by atoms with Crippen LogP contribution < -0.4 is 5.32 Å². The van der Waals surface area contributed by atoms with Crippen molar-refractivity contribution in [1.82, 2.24) is 10.2 Å². The van der Waals surface area contributed by atoms with E-state index < -0.39 is 0 Å². The van der Waals surface area contributed by atoms with Crippen LogP contribution in [-0.4, -0.2) is 43.2 Å². The molecule has 1 aromatic rings. The molecule has 0 saturated carbocycles. The molecule has 0 aromatic carbocycles. The number of rotatable bonds is 3. The summed E-state index contributed by atoms with van der Waals surface area (Å²) in [7, 11) is 0. The van der Waals surface area contributed by atoms with Crippen molar-refractivity contribution in [3.8, 4) is 0 Å². The van der Waals surface area contributed by atoms with Crippen molar-refractivity contribution < 1.29 is 9.53 Å². The van der Waals surface area contributed by atoms with Gasteiger partial charge < -0.3 is 15.0 Å². The van der Waals surface area contributed by atoms with E-state index in [0.29, 0.717) is 19.1 Å². The quantitative estimate of drug-likeness (QED) is 0.929. The van der Waals surface area contributed by atoms with Crippen molar-refractivity contribution in [1.29, 1.82) is 0 Å². The average molecular weight is 317 g/mol. The minimum Gasteiger partial charge on any atom is -0.378 e. The minimum atomic E-state index is 0. The van der Waals surface area contributed by atoms with E-state index in [1.807, 2.05) is 0 Å². The second-order valence-electron chi connectivity index (χ2n) is 5.19. The summed E-state index contributed by atoms with van der Waals surface area (Å²) in [6.45, 7) is 3.16. The highest BCUT2D eigenvalue weighted by atomic mass is 35.5. The molecule has 0 aliphatic carbocycles. The van der Waals surface area contributed by atoms with Gasteiger partial charge in [-0.1, -0.05) is 6.07 Å². The standard InChI is InChI=1S/C14H20N2O2S.ClH/c17-14(9-11-10-18-7-5-15-11)16-6-1-3-12(16)13-4-2-8-19-13;/h2,4,8,11-12,15H,1,3,5-7,9-10H2;1H. The van der Waals surface area contributed by atoms with Crippen LogP contribution in [-0.2, 0) is 9.53 Å². The number of halogens is 1. The first-order valence-electron chi connectivity index (χ1n) is 6.98. The van der Waals surface area contributed by atoms with E-state index in [1.54, 1.807) is 11.3 Å². The lowest BCUT2D eigenvalue weighted by molar-refractivity contribution is -0.133. The molecule has 6 heteroatoms. The molecule has 1 N–H and O–H groups in total. The van der Waals surface area contributed by atoms with Crippen molar-refractivity contribution in [3.63, 3.8) is 0 Å². The zero-order valence-electron chi connectivity index (χ0n) is 11.4. The molecule has 20 heavy (non-hydrogen) atoms. The van der Waals surface area contributed by atoms with Crippen LogP contribution in [0.25, 0.3) is 0 Å². The lowest BCUT2D eigenvalue weighted by Crippen LogP contribution is -2.45. The van der Waals surface area contributed by atoms with Gasteiger partial charge in [0.1, 0.15) is 0 Å². The second-order valence-corrected chi connectivity index (χ2v) is 6.17. The third kappa shape index (κ3) is 3.52. The van der Waals surface area contributed by atoms with Crippen LogP contribution >= 0.6 is 23.7 Å². The van der Waals surface area contributed by atoms with E-state index in [1.165, 1.54) is 4.88 Å². The number of likely N-dealkylation sites (tertiary alicyclic amines) is 1. The molecule has 2 atom stereocenters. The maximum absolute atomic E-state index is 12.5. The summed E-state index contributed by atoms with van der Waals surface area (Å²) in [4.78, 5) is 15.8. The molecule has 2 aliphatic rings. The Morgan fingerprint density at radius 1 is 1.55 bits per heavy atom. The van der Waals surface area contributed by atoms with Crippen molar-refractivity contribution in [2.45, 2.75) is 31.3 Å². The Morgan fingerprint density at radius 2 is 2.45 bits per heavy atom. The zero-order valence-corrected chi connectivity index (χ0v) is 13.0. The summed E-state index contributed by atoms with van der Waals surface area (Å²) < 4.78 is 5.41. The number of amides is 1. The molecule has 0 bridgehead atoms. The Kier molecular flexibility index (Phi) is 5.84. The number of morpholine rings is 1. The summed E-state index contributed by atoms with van der Waals surface area (Å²) in [6, 6.07) is 4.70. The van der Waals surface area contributed by atoms with Crippen LogP contribution in [0.4, 0.5) is 0 Å². The Bertz CT molecular complexity index is 421. The van der Waals surface area contributed by atoms with Gasteiger partial charge in [0.15, 0.2) is 0 Å². The van der Waals surface area contributed by atoms with Gasteiger partial charge in [0.25, 0.3) is 0 Å². The number of ether oxygens (including phenoxy) is 1. The largest absolute Gasteiger partial charge is 0.378 e. The lowest BCUT2D eigenvalue weighted by atomic mass is 10.1. The fourth-order valence-corrected chi connectivity index (χ4v) is 3.79. The SMILES string of the molecule is Cl.O=C(CC1COCCN1)N1CCCC1c1cccs1. The molecule has 3 rings (SSSR count). The summed E-state index contributed by atoms with van der Waals surface area (Å²) >= 11 is 1.75. The van der Waals surface area contributed by atoms with Gasteiger partial charge in [-0.3, -0.25) is 4.79 Å². The normalized spacial score (nSPS) is 26.3. The predicted molar refractivity (Wildman–Crippen MR) is 82.5 cm³/mol. The molecular weight excluding hydrogens is 296 g/mol. The van der Waals surface area contributed by atoms with Crippen molar-refractivity contribution >= 4 is 29.7 Å². The highest BCUT2D eigenvalue weighted by Gasteiger charge is 2.31. The first kappa shape index (κ1) is 15.8. The Morgan fingerprint density at radius 3 is 3.15 bits per heavy atom. The number of thiophene rings is 1. The number of hydrogen-bond acceptors (Lipinski definition) is 4. The van der Waals surface area contributed by atoms with Crippen molar-refractivity contribution in [2.24, 2.45) is 0 Å². The first-order chi connectivity index (χ1) is 9.34. The van der Waals surface area contributed by atoms with Gasteiger partial charge in [0, 0.05) is 30.4 Å². The fraction of sp³-hybridized carbons (Fsp3) is 0.643. The smallest absolute Gasteiger partial charge is 0.224 e. The van der Waals surface area contributed by atoms with Crippen LogP contribution in [0.5, 0.6) is 0 Å². The third-order valence-corrected chi connectivity index (χ3v) is 4.84. The molecule has 1 aromatic heterocycles. The van der Waals surface area contributed by atoms with Crippen LogP contribution in [0.15, 0.2) is 17.5 Å². The lowest BCUT2D eigenvalue weighted by Gasteiger charge is -2.28. The molecule has 4 nitrogen and oxygen atoms in total. The van der Waals surface area contributed by atoms with E-state index in [2.05, 4.69) is 27.7 Å². The Hall–Kier alpha value is -0.620. The number of nitrogens with zero attached hydrogens (tertiary/aromatic N) is 1. The van der Waals surface area contributed by atoms with E-state index in [0.717, 1.165) is 32.5 Å². The maximum Gasteiger partial charge on any atom is 0.224 e. The van der Waals surface area contributed by atoms with Gasteiger partial charge in [-0.05, 0) is 24.3 Å². The third-order valence-electron chi connectivity index (χ3n) is 3.86. The summed E-state index contributed by atoms with van der Waals surface area (Å²) in [6.07, 6.45) is 2.77. The number of carbonyl (C=O) groups is 1. The summed E-state index contributed by atoms with van der Waals surface area (Å²) in [5.41, 5.74) is 0. The number of hydrogen-bond donors (Lipinski definition) is 1. The molecule has 2 aliphatic heterocycles. The van der Waals surface area contributed by atoms with Gasteiger partial charge in [0.05, 0.1) is 19.3 Å². The topological polar surface area (TPSA) is 41.6 Å². The molecule has 0 radical (unpaired) electrons. The van der Waals surface area contributed by atoms with Gasteiger partial charge >= 0.3 is 0 Å². The minimum absolute atomic E-state index is 0. The first-order valence-corrected chi connectivity index (χ1v) is 7.86. The molecule has 0 spiro atoms. The Labute approximate surface area is 129 Å². The Balaban J connectivity index is 0.00000147. The molecule has 3 heterocycles. The van der Waals surface area contributed by atoms with Crippen LogP contribution in [0.2, 0.25) is 0 Å². The van der Waals surface area contributed by atoms with Crippen molar-refractivity contribution in [2.75, 3.05) is 26.3 Å². The van der Waals surface area contributed by atoms with E-state index in [-0.39, 0.29) is 24.4 Å². The maximum atomic E-state index is 12.5. The second kappa shape index (κ2) is 7.41. The number of nitrogens with one attached hydrogen (secondary N) is 1.